The lowest BCUT2D eigenvalue weighted by atomic mass is 10.0. The van der Waals surface area contributed by atoms with E-state index in [-0.39, 0.29) is 0 Å². The summed E-state index contributed by atoms with van der Waals surface area (Å²) in [5, 5.41) is 3.81. The molecule has 1 N–H and O–H groups in total. The van der Waals surface area contributed by atoms with Crippen molar-refractivity contribution in [2.45, 2.75) is 44.7 Å². The molecule has 0 unspecified atom stereocenters. The first kappa shape index (κ1) is 14.8. The number of rotatable bonds is 5. The van der Waals surface area contributed by atoms with Gasteiger partial charge in [0.1, 0.15) is 5.82 Å². The van der Waals surface area contributed by atoms with E-state index in [4.69, 9.17) is 0 Å². The van der Waals surface area contributed by atoms with Gasteiger partial charge in [0.25, 0.3) is 0 Å². The summed E-state index contributed by atoms with van der Waals surface area (Å²) in [6.45, 7) is 8.19. The summed E-state index contributed by atoms with van der Waals surface area (Å²) >= 11 is 0. The van der Waals surface area contributed by atoms with Crippen LogP contribution in [-0.2, 0) is 0 Å². The molecule has 0 radical (unpaired) electrons. The number of nitrogens with one attached hydrogen (secondary N) is 1. The third-order valence-corrected chi connectivity index (χ3v) is 5.02. The minimum absolute atomic E-state index is 0.685. The molecule has 2 aliphatic heterocycles. The van der Waals surface area contributed by atoms with Gasteiger partial charge in [0.05, 0.1) is 0 Å². The second-order valence-electron chi connectivity index (χ2n) is 6.28. The van der Waals surface area contributed by atoms with E-state index >= 15 is 0 Å². The van der Waals surface area contributed by atoms with Crippen LogP contribution in [0.3, 0.4) is 0 Å². The molecule has 0 amide bonds. The maximum Gasteiger partial charge on any atom is 0.128 e. The summed E-state index contributed by atoms with van der Waals surface area (Å²) in [6, 6.07) is 7.63. The van der Waals surface area contributed by atoms with Crippen molar-refractivity contribution in [3.63, 3.8) is 0 Å². The average molecular weight is 288 g/mol. The highest BCUT2D eigenvalue weighted by Gasteiger charge is 2.25. The molecule has 1 aromatic rings. The van der Waals surface area contributed by atoms with Crippen molar-refractivity contribution in [2.24, 2.45) is 0 Å². The molecular weight excluding hydrogens is 260 g/mol. The van der Waals surface area contributed by atoms with E-state index < -0.39 is 0 Å². The topological polar surface area (TPSA) is 31.4 Å². The van der Waals surface area contributed by atoms with Crippen LogP contribution < -0.4 is 10.2 Å². The smallest absolute Gasteiger partial charge is 0.128 e. The van der Waals surface area contributed by atoms with Crippen LogP contribution in [0.25, 0.3) is 0 Å². The molecule has 4 heteroatoms. The highest BCUT2D eigenvalue weighted by Crippen LogP contribution is 2.19. The minimum Gasteiger partial charge on any atom is -0.357 e. The van der Waals surface area contributed by atoms with Crippen molar-refractivity contribution in [1.82, 2.24) is 15.2 Å². The fourth-order valence-corrected chi connectivity index (χ4v) is 3.70. The van der Waals surface area contributed by atoms with Gasteiger partial charge in [-0.25, -0.2) is 4.98 Å². The number of pyridine rings is 1. The summed E-state index contributed by atoms with van der Waals surface area (Å²) in [4.78, 5) is 9.49. The molecule has 0 aliphatic carbocycles. The largest absolute Gasteiger partial charge is 0.357 e. The number of nitrogens with zero attached hydrogens (tertiary/aromatic N) is 3. The van der Waals surface area contributed by atoms with E-state index in [0.717, 1.165) is 24.9 Å². The maximum atomic E-state index is 4.46. The molecule has 3 rings (SSSR count). The standard InChI is InChI=1S/C17H28N4/c1-2-20-11-5-6-16(20)14-19-15-8-12-21(13-9-15)17-7-3-4-10-18-17/h3-4,7,10,15-16,19H,2,5-6,8-9,11-14H2,1H3/t16-/m1/s1. The molecule has 4 nitrogen and oxygen atoms in total. The summed E-state index contributed by atoms with van der Waals surface area (Å²) in [7, 11) is 0. The van der Waals surface area contributed by atoms with Crippen molar-refractivity contribution in [3.8, 4) is 0 Å². The Morgan fingerprint density at radius 1 is 1.19 bits per heavy atom. The van der Waals surface area contributed by atoms with Gasteiger partial charge in [0, 0.05) is 37.9 Å². The second kappa shape index (κ2) is 7.23. The predicted octanol–water partition coefficient (Wildman–Crippen LogP) is 2.12. The van der Waals surface area contributed by atoms with E-state index in [9.17, 15) is 0 Å². The van der Waals surface area contributed by atoms with Crippen molar-refractivity contribution >= 4 is 5.82 Å². The fourth-order valence-electron chi connectivity index (χ4n) is 3.70. The third-order valence-electron chi connectivity index (χ3n) is 5.02. The van der Waals surface area contributed by atoms with Crippen molar-refractivity contribution in [3.05, 3.63) is 24.4 Å². The van der Waals surface area contributed by atoms with E-state index in [1.54, 1.807) is 0 Å². The summed E-state index contributed by atoms with van der Waals surface area (Å²) in [5.74, 6) is 1.13. The monoisotopic (exact) mass is 288 g/mol. The van der Waals surface area contributed by atoms with Gasteiger partial charge in [-0.3, -0.25) is 4.90 Å². The Balaban J connectivity index is 1.42. The number of hydrogen-bond donors (Lipinski definition) is 1. The van der Waals surface area contributed by atoms with Crippen LogP contribution in [0.4, 0.5) is 5.82 Å². The molecule has 3 heterocycles. The van der Waals surface area contributed by atoms with Gasteiger partial charge in [0.2, 0.25) is 0 Å². The number of aromatic nitrogens is 1. The van der Waals surface area contributed by atoms with Gasteiger partial charge in [-0.2, -0.15) is 0 Å². The highest BCUT2D eigenvalue weighted by atomic mass is 15.2. The van der Waals surface area contributed by atoms with Crippen LogP contribution in [0.15, 0.2) is 24.4 Å². The lowest BCUT2D eigenvalue weighted by Gasteiger charge is -2.34. The van der Waals surface area contributed by atoms with Crippen LogP contribution in [0.2, 0.25) is 0 Å². The highest BCUT2D eigenvalue weighted by molar-refractivity contribution is 5.38. The molecule has 2 saturated heterocycles. The molecule has 0 aromatic carbocycles. The zero-order valence-electron chi connectivity index (χ0n) is 13.2. The third kappa shape index (κ3) is 3.74. The molecule has 1 aromatic heterocycles. The number of anilines is 1. The van der Waals surface area contributed by atoms with Gasteiger partial charge in [-0.15, -0.1) is 0 Å². The SMILES string of the molecule is CCN1CCC[C@@H]1CNC1CCN(c2ccccn2)CC1. The Hall–Kier alpha value is -1.13. The van der Waals surface area contributed by atoms with Crippen molar-refractivity contribution in [2.75, 3.05) is 37.6 Å². The maximum absolute atomic E-state index is 4.46. The fraction of sp³-hybridized carbons (Fsp3) is 0.706. The van der Waals surface area contributed by atoms with E-state index in [1.165, 1.54) is 45.3 Å². The second-order valence-corrected chi connectivity index (χ2v) is 6.28. The average Bonchev–Trinajstić information content (AvgIpc) is 3.02. The molecule has 1 atom stereocenters. The summed E-state index contributed by atoms with van der Waals surface area (Å²) < 4.78 is 0. The van der Waals surface area contributed by atoms with E-state index in [0.29, 0.717) is 6.04 Å². The van der Waals surface area contributed by atoms with Gasteiger partial charge in [-0.05, 0) is 50.9 Å². The van der Waals surface area contributed by atoms with Crippen LogP contribution >= 0.6 is 0 Å². The van der Waals surface area contributed by atoms with Crippen molar-refractivity contribution < 1.29 is 0 Å². The molecule has 2 aliphatic rings. The van der Waals surface area contributed by atoms with Crippen molar-refractivity contribution in [1.29, 1.82) is 0 Å². The number of likely N-dealkylation sites (N-methyl/N-ethyl adjacent to an activating group) is 1. The van der Waals surface area contributed by atoms with Gasteiger partial charge in [0.15, 0.2) is 0 Å². The van der Waals surface area contributed by atoms with Crippen LogP contribution in [-0.4, -0.2) is 54.7 Å². The van der Waals surface area contributed by atoms with Crippen LogP contribution in [0.5, 0.6) is 0 Å². The van der Waals surface area contributed by atoms with Gasteiger partial charge < -0.3 is 10.2 Å². The Bertz CT molecular complexity index is 414. The first-order valence-corrected chi connectivity index (χ1v) is 8.50. The summed E-state index contributed by atoms with van der Waals surface area (Å²) in [5.41, 5.74) is 0. The van der Waals surface area contributed by atoms with E-state index in [1.807, 2.05) is 12.3 Å². The Morgan fingerprint density at radius 3 is 2.76 bits per heavy atom. The number of likely N-dealkylation sites (tertiary alicyclic amines) is 1. The quantitative estimate of drug-likeness (QED) is 0.899. The molecular formula is C17H28N4. The predicted molar refractivity (Wildman–Crippen MR) is 87.7 cm³/mol. The molecule has 0 spiro atoms. The summed E-state index contributed by atoms with van der Waals surface area (Å²) in [6.07, 6.45) is 7.09. The number of piperidine rings is 1. The molecule has 0 saturated carbocycles. The first-order chi connectivity index (χ1) is 10.4. The number of hydrogen-bond acceptors (Lipinski definition) is 4. The van der Waals surface area contributed by atoms with Gasteiger partial charge >= 0.3 is 0 Å². The van der Waals surface area contributed by atoms with E-state index in [2.05, 4.69) is 39.2 Å². The first-order valence-electron chi connectivity index (χ1n) is 8.50. The zero-order valence-corrected chi connectivity index (χ0v) is 13.2. The Morgan fingerprint density at radius 2 is 2.05 bits per heavy atom. The Kier molecular flexibility index (Phi) is 5.09. The molecule has 116 valence electrons. The zero-order chi connectivity index (χ0) is 14.5. The lowest BCUT2D eigenvalue weighted by molar-refractivity contribution is 0.248. The normalized spacial score (nSPS) is 24.6. The van der Waals surface area contributed by atoms with Gasteiger partial charge in [-0.1, -0.05) is 13.0 Å². The Labute approximate surface area is 128 Å². The minimum atomic E-state index is 0.685. The van der Waals surface area contributed by atoms with Crippen LogP contribution in [0.1, 0.15) is 32.6 Å². The molecule has 21 heavy (non-hydrogen) atoms. The lowest BCUT2D eigenvalue weighted by Crippen LogP contribution is -2.47. The molecule has 0 bridgehead atoms. The molecule has 2 fully saturated rings. The van der Waals surface area contributed by atoms with Crippen LogP contribution in [0, 0.1) is 0 Å².